The van der Waals surface area contributed by atoms with Crippen molar-refractivity contribution in [1.82, 2.24) is 0 Å². The second kappa shape index (κ2) is 8.71. The van der Waals surface area contributed by atoms with Crippen LogP contribution in [0.25, 0.3) is 0 Å². The minimum Gasteiger partial charge on any atom is -0.310 e. The Hall–Kier alpha value is -2.06. The molecule has 0 unspecified atom stereocenters. The highest BCUT2D eigenvalue weighted by atomic mass is 79.9. The van der Waals surface area contributed by atoms with E-state index in [-0.39, 0.29) is 16.2 Å². The predicted molar refractivity (Wildman–Crippen MR) is 145 cm³/mol. The Bertz CT molecular complexity index is 999. The van der Waals surface area contributed by atoms with Crippen LogP contribution in [0.3, 0.4) is 0 Å². The Labute approximate surface area is 204 Å². The summed E-state index contributed by atoms with van der Waals surface area (Å²) >= 11 is 3.77. The van der Waals surface area contributed by atoms with Crippen LogP contribution >= 0.6 is 15.9 Å². The molecule has 0 aliphatic carbocycles. The molecule has 0 saturated carbocycles. The Morgan fingerprint density at radius 1 is 0.469 bits per heavy atom. The van der Waals surface area contributed by atoms with Crippen LogP contribution in [0.5, 0.6) is 0 Å². The van der Waals surface area contributed by atoms with E-state index in [2.05, 4.69) is 150 Å². The third kappa shape index (κ3) is 5.64. The van der Waals surface area contributed by atoms with E-state index in [4.69, 9.17) is 0 Å². The van der Waals surface area contributed by atoms with Gasteiger partial charge in [-0.2, -0.15) is 0 Å². The molecule has 0 N–H and O–H groups in total. The fourth-order valence-electron chi connectivity index (χ4n) is 3.80. The largest absolute Gasteiger partial charge is 0.310 e. The maximum Gasteiger partial charge on any atom is 0.0475 e. The van der Waals surface area contributed by atoms with E-state index in [1.54, 1.807) is 0 Å². The standard InChI is InChI=1S/C30H38BrN/c1-28(2,3)21-10-14-25(15-11-21)32(26-16-12-22(13-17-26)29(4,5)6)27-19-23(30(7,8)9)18-24(31)20-27/h10-20H,1-9H3. The Morgan fingerprint density at radius 3 is 1.19 bits per heavy atom. The Kier molecular flexibility index (Phi) is 6.69. The molecule has 32 heavy (non-hydrogen) atoms. The molecule has 0 heterocycles. The average molecular weight is 493 g/mol. The Morgan fingerprint density at radius 2 is 0.844 bits per heavy atom. The molecule has 3 aromatic rings. The Balaban J connectivity index is 2.18. The van der Waals surface area contributed by atoms with E-state index >= 15 is 0 Å². The van der Waals surface area contributed by atoms with E-state index in [9.17, 15) is 0 Å². The molecule has 3 aromatic carbocycles. The molecule has 0 saturated heterocycles. The highest BCUT2D eigenvalue weighted by Crippen LogP contribution is 2.40. The number of anilines is 3. The third-order valence-corrected chi connectivity index (χ3v) is 6.45. The van der Waals surface area contributed by atoms with Crippen molar-refractivity contribution in [3.8, 4) is 0 Å². The zero-order valence-electron chi connectivity index (χ0n) is 21.2. The van der Waals surface area contributed by atoms with Crippen molar-refractivity contribution in [2.75, 3.05) is 4.90 Å². The van der Waals surface area contributed by atoms with Gasteiger partial charge < -0.3 is 4.90 Å². The molecule has 0 amide bonds. The molecular formula is C30H38BrN. The van der Waals surface area contributed by atoms with Crippen LogP contribution in [0.1, 0.15) is 79.0 Å². The smallest absolute Gasteiger partial charge is 0.0475 e. The summed E-state index contributed by atoms with van der Waals surface area (Å²) in [5.74, 6) is 0. The molecular weight excluding hydrogens is 454 g/mol. The van der Waals surface area contributed by atoms with Crippen LogP contribution in [-0.2, 0) is 16.2 Å². The predicted octanol–water partition coefficient (Wildman–Crippen LogP) is 9.81. The molecule has 0 aromatic heterocycles. The highest BCUT2D eigenvalue weighted by molar-refractivity contribution is 9.10. The van der Waals surface area contributed by atoms with E-state index in [1.165, 1.54) is 28.1 Å². The minimum atomic E-state index is 0.0659. The van der Waals surface area contributed by atoms with Crippen molar-refractivity contribution in [3.63, 3.8) is 0 Å². The van der Waals surface area contributed by atoms with Gasteiger partial charge in [0.2, 0.25) is 0 Å². The average Bonchev–Trinajstić information content (AvgIpc) is 2.66. The molecule has 0 bridgehead atoms. The van der Waals surface area contributed by atoms with Gasteiger partial charge in [-0.1, -0.05) is 103 Å². The summed E-state index contributed by atoms with van der Waals surface area (Å²) in [6.07, 6.45) is 0. The molecule has 0 atom stereocenters. The number of hydrogen-bond donors (Lipinski definition) is 0. The molecule has 3 rings (SSSR count). The summed E-state index contributed by atoms with van der Waals surface area (Å²) in [5, 5.41) is 0. The van der Waals surface area contributed by atoms with Crippen LogP contribution in [0, 0.1) is 0 Å². The topological polar surface area (TPSA) is 3.24 Å². The molecule has 0 radical (unpaired) electrons. The fourth-order valence-corrected chi connectivity index (χ4v) is 4.29. The lowest BCUT2D eigenvalue weighted by molar-refractivity contribution is 0.589. The van der Waals surface area contributed by atoms with Gasteiger partial charge in [0.1, 0.15) is 0 Å². The molecule has 0 aliphatic rings. The van der Waals surface area contributed by atoms with Gasteiger partial charge in [0.05, 0.1) is 0 Å². The van der Waals surface area contributed by atoms with E-state index < -0.39 is 0 Å². The first-order valence-corrected chi connectivity index (χ1v) is 12.3. The zero-order valence-corrected chi connectivity index (χ0v) is 22.8. The van der Waals surface area contributed by atoms with Gasteiger partial charge in [-0.15, -0.1) is 0 Å². The summed E-state index contributed by atoms with van der Waals surface area (Å²) in [6, 6.07) is 24.8. The number of rotatable bonds is 3. The summed E-state index contributed by atoms with van der Waals surface area (Å²) in [5.41, 5.74) is 7.82. The molecule has 170 valence electrons. The molecule has 2 heteroatoms. The van der Waals surface area contributed by atoms with Crippen LogP contribution in [0.2, 0.25) is 0 Å². The first-order chi connectivity index (χ1) is 14.7. The number of nitrogens with zero attached hydrogens (tertiary/aromatic N) is 1. The monoisotopic (exact) mass is 491 g/mol. The summed E-state index contributed by atoms with van der Waals surface area (Å²) in [4.78, 5) is 2.36. The summed E-state index contributed by atoms with van der Waals surface area (Å²) in [6.45, 7) is 20.3. The molecule has 0 spiro atoms. The third-order valence-electron chi connectivity index (χ3n) is 5.99. The van der Waals surface area contributed by atoms with Crippen molar-refractivity contribution in [3.05, 3.63) is 87.9 Å². The lowest BCUT2D eigenvalue weighted by atomic mass is 9.86. The van der Waals surface area contributed by atoms with Gasteiger partial charge in [0.25, 0.3) is 0 Å². The normalized spacial score (nSPS) is 12.7. The van der Waals surface area contributed by atoms with Crippen molar-refractivity contribution in [2.45, 2.75) is 78.6 Å². The number of halogens is 1. The van der Waals surface area contributed by atoms with Crippen LogP contribution < -0.4 is 4.90 Å². The van der Waals surface area contributed by atoms with Crippen molar-refractivity contribution < 1.29 is 0 Å². The van der Waals surface area contributed by atoms with Crippen molar-refractivity contribution in [1.29, 1.82) is 0 Å². The lowest BCUT2D eigenvalue weighted by Gasteiger charge is -2.30. The SMILES string of the molecule is CC(C)(C)c1ccc(N(c2ccc(C(C)(C)C)cc2)c2cc(Br)cc(C(C)(C)C)c2)cc1. The van der Waals surface area contributed by atoms with E-state index in [0.29, 0.717) is 0 Å². The second-order valence-corrected chi connectivity index (χ2v) is 12.8. The maximum absolute atomic E-state index is 3.77. The highest BCUT2D eigenvalue weighted by Gasteiger charge is 2.21. The zero-order chi connectivity index (χ0) is 23.9. The first kappa shape index (κ1) is 24.6. The van der Waals surface area contributed by atoms with Gasteiger partial charge in [0.15, 0.2) is 0 Å². The quantitative estimate of drug-likeness (QED) is 0.352. The van der Waals surface area contributed by atoms with Gasteiger partial charge in [0, 0.05) is 21.5 Å². The molecule has 0 fully saturated rings. The van der Waals surface area contributed by atoms with Crippen LogP contribution in [-0.4, -0.2) is 0 Å². The van der Waals surface area contributed by atoms with Crippen molar-refractivity contribution >= 4 is 33.0 Å². The van der Waals surface area contributed by atoms with Gasteiger partial charge in [-0.25, -0.2) is 0 Å². The number of hydrogen-bond acceptors (Lipinski definition) is 1. The molecule has 1 nitrogen and oxygen atoms in total. The number of benzene rings is 3. The van der Waals surface area contributed by atoms with Crippen LogP contribution in [0.15, 0.2) is 71.2 Å². The van der Waals surface area contributed by atoms with Gasteiger partial charge >= 0.3 is 0 Å². The minimum absolute atomic E-state index is 0.0659. The van der Waals surface area contributed by atoms with E-state index in [0.717, 1.165) is 10.2 Å². The molecule has 0 aliphatic heterocycles. The van der Waals surface area contributed by atoms with Gasteiger partial charge in [-0.05, 0) is 75.4 Å². The first-order valence-electron chi connectivity index (χ1n) is 11.5. The van der Waals surface area contributed by atoms with Crippen LogP contribution in [0.4, 0.5) is 17.1 Å². The van der Waals surface area contributed by atoms with Crippen molar-refractivity contribution in [2.24, 2.45) is 0 Å². The second-order valence-electron chi connectivity index (χ2n) is 11.9. The summed E-state index contributed by atoms with van der Waals surface area (Å²) in [7, 11) is 0. The summed E-state index contributed by atoms with van der Waals surface area (Å²) < 4.78 is 1.10. The fraction of sp³-hybridized carbons (Fsp3) is 0.400. The van der Waals surface area contributed by atoms with E-state index in [1.807, 2.05) is 0 Å². The maximum atomic E-state index is 3.77. The van der Waals surface area contributed by atoms with Gasteiger partial charge in [-0.3, -0.25) is 0 Å². The lowest BCUT2D eigenvalue weighted by Crippen LogP contribution is -2.16.